The summed E-state index contributed by atoms with van der Waals surface area (Å²) in [5.41, 5.74) is 0. The maximum Gasteiger partial charge on any atom is 0.307 e. The van der Waals surface area contributed by atoms with Gasteiger partial charge in [-0.05, 0) is 6.92 Å². The summed E-state index contributed by atoms with van der Waals surface area (Å²) in [7, 11) is 0. The first-order chi connectivity index (χ1) is 12.8. The smallest absolute Gasteiger partial charge is 0.307 e. The Morgan fingerprint density at radius 3 is 1.44 bits per heavy atom. The first kappa shape index (κ1) is 22.9. The van der Waals surface area contributed by atoms with Gasteiger partial charge in [-0.2, -0.15) is 0 Å². The van der Waals surface area contributed by atoms with Crippen molar-refractivity contribution in [1.29, 1.82) is 0 Å². The number of carbonyl (C=O) groups is 4. The van der Waals surface area contributed by atoms with Gasteiger partial charge in [0, 0.05) is 25.7 Å². The third kappa shape index (κ3) is 6.50. The van der Waals surface area contributed by atoms with E-state index in [9.17, 15) is 19.2 Å². The first-order valence-corrected chi connectivity index (χ1v) is 9.20. The Morgan fingerprint density at radius 1 is 0.630 bits per heavy atom. The van der Waals surface area contributed by atoms with Gasteiger partial charge >= 0.3 is 23.9 Å². The summed E-state index contributed by atoms with van der Waals surface area (Å²) in [5.74, 6) is -2.29. The third-order valence-electron chi connectivity index (χ3n) is 3.93. The summed E-state index contributed by atoms with van der Waals surface area (Å²) in [6.45, 7) is 7.99. The molecule has 0 unspecified atom stereocenters. The molecule has 1 heterocycles. The Morgan fingerprint density at radius 2 is 1.00 bits per heavy atom. The minimum atomic E-state index is -1.28. The SMILES string of the molecule is CCC(=O)O[C@H]1O[C@@H](C)[C@@H](OC(=O)CC)[C@@H](OC(=O)CC)[C@@H]1OC(=O)CC. The van der Waals surface area contributed by atoms with Gasteiger partial charge in [0.05, 0.1) is 6.10 Å². The molecule has 1 fully saturated rings. The molecule has 154 valence electrons. The number of ether oxygens (including phenoxy) is 5. The number of esters is 4. The van der Waals surface area contributed by atoms with Crippen molar-refractivity contribution in [2.75, 3.05) is 0 Å². The van der Waals surface area contributed by atoms with Gasteiger partial charge in [0.15, 0.2) is 12.2 Å². The molecular weight excluding hydrogens is 360 g/mol. The molecule has 0 radical (unpaired) electrons. The number of rotatable bonds is 8. The maximum atomic E-state index is 11.9. The lowest BCUT2D eigenvalue weighted by atomic mass is 9.98. The molecule has 0 aromatic carbocycles. The zero-order valence-electron chi connectivity index (χ0n) is 16.4. The second-order valence-electron chi connectivity index (χ2n) is 5.98. The summed E-state index contributed by atoms with van der Waals surface area (Å²) in [4.78, 5) is 47.4. The van der Waals surface area contributed by atoms with Gasteiger partial charge in [-0.25, -0.2) is 0 Å². The summed E-state index contributed by atoms with van der Waals surface area (Å²) >= 11 is 0. The average molecular weight is 388 g/mol. The van der Waals surface area contributed by atoms with Gasteiger partial charge in [-0.3, -0.25) is 19.2 Å². The largest absolute Gasteiger partial charge is 0.455 e. The summed E-state index contributed by atoms with van der Waals surface area (Å²) < 4.78 is 27.0. The van der Waals surface area contributed by atoms with Crippen LogP contribution >= 0.6 is 0 Å². The van der Waals surface area contributed by atoms with Gasteiger partial charge in [0.2, 0.25) is 12.4 Å². The Hall–Kier alpha value is -2.16. The fourth-order valence-corrected chi connectivity index (χ4v) is 2.41. The summed E-state index contributed by atoms with van der Waals surface area (Å²) in [5, 5.41) is 0. The standard InChI is InChI=1S/C18H28O9/c1-6-11(19)24-15-10(5)23-18(27-14(22)9-4)17(26-13(21)8-3)16(15)25-12(20)7-2/h10,15-18H,6-9H2,1-5H3/t10-,15+,16+,17-,18+/m0/s1. The minimum absolute atomic E-state index is 0.0500. The highest BCUT2D eigenvalue weighted by molar-refractivity contribution is 5.72. The van der Waals surface area contributed by atoms with Crippen LogP contribution in [0.4, 0.5) is 0 Å². The topological polar surface area (TPSA) is 114 Å². The number of hydrogen-bond donors (Lipinski definition) is 0. The molecule has 9 heteroatoms. The molecule has 0 spiro atoms. The molecule has 0 aromatic rings. The van der Waals surface area contributed by atoms with E-state index in [0.29, 0.717) is 0 Å². The summed E-state index contributed by atoms with van der Waals surface area (Å²) in [6, 6.07) is 0. The quantitative estimate of drug-likeness (QED) is 0.452. The molecule has 0 saturated carbocycles. The van der Waals surface area contributed by atoms with E-state index in [1.165, 1.54) is 0 Å². The molecule has 0 N–H and O–H groups in total. The predicted octanol–water partition coefficient (Wildman–Crippen LogP) is 1.65. The van der Waals surface area contributed by atoms with E-state index >= 15 is 0 Å². The van der Waals surface area contributed by atoms with Crippen LogP contribution in [0.15, 0.2) is 0 Å². The van der Waals surface area contributed by atoms with Gasteiger partial charge in [0.25, 0.3) is 0 Å². The van der Waals surface area contributed by atoms with Crippen LogP contribution in [0, 0.1) is 0 Å². The van der Waals surface area contributed by atoms with Crippen molar-refractivity contribution in [2.45, 2.75) is 91.0 Å². The lowest BCUT2D eigenvalue weighted by molar-refractivity contribution is -0.294. The van der Waals surface area contributed by atoms with Crippen LogP contribution in [0.3, 0.4) is 0 Å². The van der Waals surface area contributed by atoms with E-state index in [1.807, 2.05) is 0 Å². The molecule has 27 heavy (non-hydrogen) atoms. The van der Waals surface area contributed by atoms with Crippen molar-refractivity contribution < 1.29 is 42.9 Å². The van der Waals surface area contributed by atoms with E-state index in [1.54, 1.807) is 34.6 Å². The second kappa shape index (κ2) is 10.9. The van der Waals surface area contributed by atoms with Gasteiger partial charge < -0.3 is 23.7 Å². The Balaban J connectivity index is 3.22. The zero-order chi connectivity index (χ0) is 20.6. The number of carbonyl (C=O) groups excluding carboxylic acids is 4. The van der Waals surface area contributed by atoms with E-state index in [4.69, 9.17) is 23.7 Å². The Bertz CT molecular complexity index is 545. The number of hydrogen-bond acceptors (Lipinski definition) is 9. The molecule has 0 aliphatic carbocycles. The molecule has 0 amide bonds. The van der Waals surface area contributed by atoms with E-state index in [2.05, 4.69) is 0 Å². The van der Waals surface area contributed by atoms with E-state index < -0.39 is 54.6 Å². The lowest BCUT2D eigenvalue weighted by Gasteiger charge is -2.43. The van der Waals surface area contributed by atoms with Crippen molar-refractivity contribution in [3.8, 4) is 0 Å². The van der Waals surface area contributed by atoms with E-state index in [-0.39, 0.29) is 25.7 Å². The van der Waals surface area contributed by atoms with Crippen LogP contribution in [0.25, 0.3) is 0 Å². The monoisotopic (exact) mass is 388 g/mol. The molecule has 1 aliphatic rings. The van der Waals surface area contributed by atoms with Crippen LogP contribution in [-0.2, 0) is 42.9 Å². The van der Waals surface area contributed by atoms with Crippen LogP contribution in [0.5, 0.6) is 0 Å². The van der Waals surface area contributed by atoms with E-state index in [0.717, 1.165) is 0 Å². The zero-order valence-corrected chi connectivity index (χ0v) is 16.4. The third-order valence-corrected chi connectivity index (χ3v) is 3.93. The minimum Gasteiger partial charge on any atom is -0.455 e. The Labute approximate surface area is 158 Å². The van der Waals surface area contributed by atoms with Gasteiger partial charge in [-0.1, -0.05) is 27.7 Å². The fourth-order valence-electron chi connectivity index (χ4n) is 2.41. The van der Waals surface area contributed by atoms with Crippen molar-refractivity contribution in [1.82, 2.24) is 0 Å². The van der Waals surface area contributed by atoms with Crippen molar-refractivity contribution in [3.05, 3.63) is 0 Å². The molecular formula is C18H28O9. The molecule has 0 bridgehead atoms. The highest BCUT2D eigenvalue weighted by Gasteiger charge is 2.52. The normalized spacial score (nSPS) is 27.4. The van der Waals surface area contributed by atoms with Crippen LogP contribution in [-0.4, -0.2) is 54.6 Å². The van der Waals surface area contributed by atoms with Crippen LogP contribution < -0.4 is 0 Å². The molecule has 1 aliphatic heterocycles. The first-order valence-electron chi connectivity index (χ1n) is 9.20. The average Bonchev–Trinajstić information content (AvgIpc) is 2.66. The molecule has 0 aromatic heterocycles. The van der Waals surface area contributed by atoms with Gasteiger partial charge in [0.1, 0.15) is 0 Å². The molecule has 1 saturated heterocycles. The molecule has 5 atom stereocenters. The second-order valence-corrected chi connectivity index (χ2v) is 5.98. The lowest BCUT2D eigenvalue weighted by Crippen LogP contribution is -2.61. The van der Waals surface area contributed by atoms with Crippen molar-refractivity contribution >= 4 is 23.9 Å². The molecule has 1 rings (SSSR count). The Kier molecular flexibility index (Phi) is 9.20. The van der Waals surface area contributed by atoms with Crippen molar-refractivity contribution in [2.24, 2.45) is 0 Å². The van der Waals surface area contributed by atoms with Gasteiger partial charge in [-0.15, -0.1) is 0 Å². The predicted molar refractivity (Wildman–Crippen MR) is 91.2 cm³/mol. The van der Waals surface area contributed by atoms with Crippen LogP contribution in [0.1, 0.15) is 60.3 Å². The highest BCUT2D eigenvalue weighted by atomic mass is 16.7. The summed E-state index contributed by atoms with van der Waals surface area (Å²) in [6.07, 6.45) is -5.18. The molecule has 9 nitrogen and oxygen atoms in total. The maximum absolute atomic E-state index is 11.9. The highest BCUT2D eigenvalue weighted by Crippen LogP contribution is 2.30. The van der Waals surface area contributed by atoms with Crippen LogP contribution in [0.2, 0.25) is 0 Å². The fraction of sp³-hybridized carbons (Fsp3) is 0.778. The van der Waals surface area contributed by atoms with Crippen molar-refractivity contribution in [3.63, 3.8) is 0 Å².